The summed E-state index contributed by atoms with van der Waals surface area (Å²) in [5, 5.41) is 11.5. The van der Waals surface area contributed by atoms with Crippen molar-refractivity contribution in [3.8, 4) is 22.6 Å². The van der Waals surface area contributed by atoms with Gasteiger partial charge in [0.1, 0.15) is 0 Å². The molecule has 0 amide bonds. The largest absolute Gasteiger partial charge is 0.503 e. The molecule has 33 heavy (non-hydrogen) atoms. The summed E-state index contributed by atoms with van der Waals surface area (Å²) in [6.45, 7) is 6.72. The number of likely N-dealkylation sites (N-methyl/N-ethyl adjacent to an activating group) is 1. The van der Waals surface area contributed by atoms with E-state index < -0.39 is 0 Å². The van der Waals surface area contributed by atoms with Crippen molar-refractivity contribution in [3.63, 3.8) is 0 Å². The Morgan fingerprint density at radius 1 is 1.03 bits per heavy atom. The van der Waals surface area contributed by atoms with Crippen molar-refractivity contribution >= 4 is 28.2 Å². The SMILES string of the molecule is COc1cc(-c2ccc3nc[c]c(N4CCC(N5CCN(C)CC5)CC4)c3c2)cc(Cl)c1O. The van der Waals surface area contributed by atoms with Crippen LogP contribution in [0.25, 0.3) is 22.0 Å². The van der Waals surface area contributed by atoms with Crippen molar-refractivity contribution in [2.24, 2.45) is 0 Å². The number of phenolic OH excluding ortho intramolecular Hbond substituents is 1. The maximum absolute atomic E-state index is 10.1. The number of halogens is 1. The Morgan fingerprint density at radius 3 is 2.52 bits per heavy atom. The molecule has 0 bridgehead atoms. The highest BCUT2D eigenvalue weighted by molar-refractivity contribution is 6.32. The molecule has 1 aromatic heterocycles. The van der Waals surface area contributed by atoms with E-state index in [0.717, 1.165) is 53.9 Å². The average molecular weight is 466 g/mol. The fourth-order valence-corrected chi connectivity index (χ4v) is 5.27. The van der Waals surface area contributed by atoms with E-state index >= 15 is 0 Å². The van der Waals surface area contributed by atoms with Crippen LogP contribution in [0.15, 0.2) is 36.5 Å². The molecular formula is C26H30ClN4O2. The number of piperazine rings is 1. The monoisotopic (exact) mass is 465 g/mol. The van der Waals surface area contributed by atoms with Crippen LogP contribution >= 0.6 is 11.6 Å². The lowest BCUT2D eigenvalue weighted by Crippen LogP contribution is -2.52. The minimum Gasteiger partial charge on any atom is -0.503 e. The summed E-state index contributed by atoms with van der Waals surface area (Å²) in [5.74, 6) is 0.323. The lowest BCUT2D eigenvalue weighted by atomic mass is 9.99. The van der Waals surface area contributed by atoms with Gasteiger partial charge in [-0.2, -0.15) is 0 Å². The summed E-state index contributed by atoms with van der Waals surface area (Å²) in [6.07, 6.45) is 4.13. The molecule has 1 N–H and O–H groups in total. The first-order valence-corrected chi connectivity index (χ1v) is 12.0. The van der Waals surface area contributed by atoms with Crippen LogP contribution in [0.3, 0.4) is 0 Å². The van der Waals surface area contributed by atoms with Crippen LogP contribution in [-0.4, -0.2) is 79.4 Å². The van der Waals surface area contributed by atoms with E-state index in [4.69, 9.17) is 16.3 Å². The van der Waals surface area contributed by atoms with Crippen molar-refractivity contribution in [2.45, 2.75) is 18.9 Å². The van der Waals surface area contributed by atoms with Crippen LogP contribution < -0.4 is 9.64 Å². The summed E-state index contributed by atoms with van der Waals surface area (Å²) >= 11 is 6.24. The predicted octanol–water partition coefficient (Wildman–Crippen LogP) is 4.29. The number of phenols is 1. The van der Waals surface area contributed by atoms with Gasteiger partial charge in [-0.25, -0.2) is 0 Å². The molecule has 2 aliphatic rings. The zero-order valence-corrected chi connectivity index (χ0v) is 20.0. The number of hydrogen-bond donors (Lipinski definition) is 1. The van der Waals surface area contributed by atoms with Gasteiger partial charge in [0.25, 0.3) is 0 Å². The standard InChI is InChI=1S/C26H30ClN4O2/c1-29-11-13-30(14-12-29)20-6-9-31(10-7-20)24-5-8-28-23-4-3-18(15-21(23)24)19-16-22(27)26(32)25(17-19)33-2/h3-4,8,15-17,20,32H,6-7,9-14H2,1-2H3. The van der Waals surface area contributed by atoms with E-state index in [1.165, 1.54) is 33.0 Å². The first-order chi connectivity index (χ1) is 16.0. The van der Waals surface area contributed by atoms with E-state index in [9.17, 15) is 5.11 Å². The van der Waals surface area contributed by atoms with Gasteiger partial charge in [0, 0.05) is 63.0 Å². The summed E-state index contributed by atoms with van der Waals surface area (Å²) in [5.41, 5.74) is 3.94. The van der Waals surface area contributed by atoms with Gasteiger partial charge in [-0.15, -0.1) is 0 Å². The first-order valence-electron chi connectivity index (χ1n) is 11.6. The maximum atomic E-state index is 10.1. The number of nitrogens with zero attached hydrogens (tertiary/aromatic N) is 4. The first kappa shape index (κ1) is 22.3. The molecule has 0 atom stereocenters. The van der Waals surface area contributed by atoms with E-state index in [2.05, 4.69) is 38.9 Å². The Bertz CT molecular complexity index is 1140. The summed E-state index contributed by atoms with van der Waals surface area (Å²) in [4.78, 5) is 12.1. The number of fused-ring (bicyclic) bond motifs is 1. The van der Waals surface area contributed by atoms with Crippen molar-refractivity contribution in [2.75, 3.05) is 58.3 Å². The van der Waals surface area contributed by atoms with E-state index in [-0.39, 0.29) is 10.8 Å². The third-order valence-electron chi connectivity index (χ3n) is 7.07. The second kappa shape index (κ2) is 9.37. The maximum Gasteiger partial charge on any atom is 0.176 e. The van der Waals surface area contributed by atoms with Crippen LogP contribution in [0.1, 0.15) is 12.8 Å². The van der Waals surface area contributed by atoms with Crippen LogP contribution in [0, 0.1) is 6.07 Å². The molecule has 2 fully saturated rings. The van der Waals surface area contributed by atoms with Gasteiger partial charge in [0.15, 0.2) is 11.5 Å². The molecule has 5 rings (SSSR count). The fraction of sp³-hybridized carbons (Fsp3) is 0.423. The number of hydrogen-bond acceptors (Lipinski definition) is 6. The smallest absolute Gasteiger partial charge is 0.176 e. The zero-order valence-electron chi connectivity index (χ0n) is 19.2. The third-order valence-corrected chi connectivity index (χ3v) is 7.36. The Balaban J connectivity index is 1.40. The Kier molecular flexibility index (Phi) is 6.32. The number of aromatic nitrogens is 1. The number of benzene rings is 2. The number of ether oxygens (including phenoxy) is 1. The molecule has 0 aliphatic carbocycles. The van der Waals surface area contributed by atoms with E-state index in [1.807, 2.05) is 18.2 Å². The topological polar surface area (TPSA) is 52.1 Å². The molecule has 3 aromatic rings. The van der Waals surface area contributed by atoms with E-state index in [1.54, 1.807) is 12.3 Å². The minimum atomic E-state index is -0.0392. The molecule has 7 heteroatoms. The molecule has 0 spiro atoms. The number of piperidine rings is 1. The zero-order chi connectivity index (χ0) is 22.9. The third kappa shape index (κ3) is 4.47. The van der Waals surface area contributed by atoms with E-state index in [0.29, 0.717) is 11.8 Å². The molecule has 2 aliphatic heterocycles. The summed E-state index contributed by atoms with van der Waals surface area (Å²) in [6, 6.07) is 13.9. The van der Waals surface area contributed by atoms with Gasteiger partial charge >= 0.3 is 0 Å². The van der Waals surface area contributed by atoms with Crippen LogP contribution in [0.4, 0.5) is 5.69 Å². The molecule has 1 radical (unpaired) electrons. The second-order valence-corrected chi connectivity index (χ2v) is 9.46. The molecule has 6 nitrogen and oxygen atoms in total. The highest BCUT2D eigenvalue weighted by Crippen LogP contribution is 2.39. The van der Waals surface area contributed by atoms with Gasteiger partial charge in [-0.05, 0) is 55.3 Å². The lowest BCUT2D eigenvalue weighted by Gasteiger charge is -2.42. The minimum absolute atomic E-state index is 0.0392. The van der Waals surface area contributed by atoms with Crippen molar-refractivity contribution in [1.82, 2.24) is 14.8 Å². The van der Waals surface area contributed by atoms with Gasteiger partial charge in [-0.1, -0.05) is 17.7 Å². The lowest BCUT2D eigenvalue weighted by molar-refractivity contribution is 0.0982. The number of pyridine rings is 1. The average Bonchev–Trinajstić information content (AvgIpc) is 2.85. The number of methoxy groups -OCH3 is 1. The molecule has 0 saturated carbocycles. The second-order valence-electron chi connectivity index (χ2n) is 9.05. The highest BCUT2D eigenvalue weighted by Gasteiger charge is 2.27. The normalized spacial score (nSPS) is 18.7. The number of rotatable bonds is 4. The molecule has 2 aromatic carbocycles. The summed E-state index contributed by atoms with van der Waals surface area (Å²) < 4.78 is 5.29. The Morgan fingerprint density at radius 2 is 1.79 bits per heavy atom. The Hall–Kier alpha value is -2.54. The molecular weight excluding hydrogens is 436 g/mol. The highest BCUT2D eigenvalue weighted by atomic mass is 35.5. The number of anilines is 1. The predicted molar refractivity (Wildman–Crippen MR) is 134 cm³/mol. The molecule has 173 valence electrons. The van der Waals surface area contributed by atoms with Crippen LogP contribution in [-0.2, 0) is 0 Å². The fourth-order valence-electron chi connectivity index (χ4n) is 5.06. The Labute approximate surface area is 200 Å². The quantitative estimate of drug-likeness (QED) is 0.620. The van der Waals surface area contributed by atoms with Crippen molar-refractivity contribution in [1.29, 1.82) is 0 Å². The summed E-state index contributed by atoms with van der Waals surface area (Å²) in [7, 11) is 3.74. The number of aromatic hydroxyl groups is 1. The molecule has 3 heterocycles. The molecule has 0 unspecified atom stereocenters. The van der Waals surface area contributed by atoms with Gasteiger partial charge in [0.05, 0.1) is 23.3 Å². The van der Waals surface area contributed by atoms with Crippen molar-refractivity contribution < 1.29 is 9.84 Å². The van der Waals surface area contributed by atoms with Gasteiger partial charge in [-0.3, -0.25) is 9.88 Å². The molecule has 2 saturated heterocycles. The van der Waals surface area contributed by atoms with Gasteiger partial charge in [0.2, 0.25) is 0 Å². The van der Waals surface area contributed by atoms with Crippen LogP contribution in [0.2, 0.25) is 5.02 Å². The van der Waals surface area contributed by atoms with Crippen LogP contribution in [0.5, 0.6) is 11.5 Å². The van der Waals surface area contributed by atoms with Crippen molar-refractivity contribution in [3.05, 3.63) is 47.6 Å². The van der Waals surface area contributed by atoms with Gasteiger partial charge < -0.3 is 19.6 Å².